The molecule has 0 aliphatic heterocycles. The summed E-state index contributed by atoms with van der Waals surface area (Å²) in [5.74, 6) is 0. The molecule has 2 nitrogen and oxygen atoms in total. The Balaban J connectivity index is 2.05. The molecule has 0 aliphatic rings. The molecule has 0 bridgehead atoms. The Morgan fingerprint density at radius 1 is 1.10 bits per heavy atom. The van der Waals surface area contributed by atoms with E-state index in [-0.39, 0.29) is 6.04 Å². The smallest absolute Gasteiger partial charge is 0.171 e. The van der Waals surface area contributed by atoms with Crippen molar-refractivity contribution in [3.05, 3.63) is 65.2 Å². The third kappa shape index (κ3) is 4.30. The van der Waals surface area contributed by atoms with Crippen LogP contribution in [-0.4, -0.2) is 5.11 Å². The lowest BCUT2D eigenvalue weighted by molar-refractivity contribution is 0.629. The van der Waals surface area contributed by atoms with Crippen LogP contribution in [0.2, 0.25) is 0 Å². The predicted octanol–water partition coefficient (Wildman–Crippen LogP) is 4.74. The normalized spacial score (nSPS) is 11.8. The van der Waals surface area contributed by atoms with Gasteiger partial charge in [-0.2, -0.15) is 0 Å². The van der Waals surface area contributed by atoms with Gasteiger partial charge in [0, 0.05) is 5.69 Å². The maximum atomic E-state index is 5.46. The van der Waals surface area contributed by atoms with Crippen molar-refractivity contribution in [3.8, 4) is 0 Å². The third-order valence-electron chi connectivity index (χ3n) is 3.56. The van der Waals surface area contributed by atoms with Crippen LogP contribution in [0.4, 0.5) is 5.69 Å². The lowest BCUT2D eigenvalue weighted by Crippen LogP contribution is -2.32. The minimum atomic E-state index is 0.233. The molecular formula is C18H22N2S. The molecule has 0 radical (unpaired) electrons. The average molecular weight is 298 g/mol. The summed E-state index contributed by atoms with van der Waals surface area (Å²) in [6, 6.07) is 17.0. The fourth-order valence-corrected chi connectivity index (χ4v) is 2.55. The summed E-state index contributed by atoms with van der Waals surface area (Å²) >= 11 is 5.46. The minimum absolute atomic E-state index is 0.233. The first-order valence-corrected chi connectivity index (χ1v) is 7.70. The predicted molar refractivity (Wildman–Crippen MR) is 94.7 cm³/mol. The van der Waals surface area contributed by atoms with Crippen LogP contribution in [0.3, 0.4) is 0 Å². The molecule has 2 aromatic carbocycles. The molecular weight excluding hydrogens is 276 g/mol. The lowest BCUT2D eigenvalue weighted by atomic mass is 10.1. The van der Waals surface area contributed by atoms with E-state index in [0.717, 1.165) is 12.1 Å². The zero-order chi connectivity index (χ0) is 15.2. The molecule has 2 aromatic rings. The number of rotatable bonds is 4. The van der Waals surface area contributed by atoms with E-state index < -0.39 is 0 Å². The summed E-state index contributed by atoms with van der Waals surface area (Å²) in [5, 5.41) is 7.37. The van der Waals surface area contributed by atoms with Crippen molar-refractivity contribution in [2.24, 2.45) is 0 Å². The van der Waals surface area contributed by atoms with E-state index in [1.54, 1.807) is 0 Å². The third-order valence-corrected chi connectivity index (χ3v) is 3.78. The van der Waals surface area contributed by atoms with Crippen LogP contribution in [0.15, 0.2) is 48.5 Å². The van der Waals surface area contributed by atoms with Gasteiger partial charge in [-0.15, -0.1) is 0 Å². The van der Waals surface area contributed by atoms with Gasteiger partial charge in [0.25, 0.3) is 0 Å². The van der Waals surface area contributed by atoms with E-state index in [2.05, 4.69) is 73.9 Å². The molecule has 0 amide bonds. The topological polar surface area (TPSA) is 24.1 Å². The first-order valence-electron chi connectivity index (χ1n) is 7.30. The van der Waals surface area contributed by atoms with Gasteiger partial charge in [-0.1, -0.05) is 49.4 Å². The number of anilines is 1. The van der Waals surface area contributed by atoms with Crippen molar-refractivity contribution in [3.63, 3.8) is 0 Å². The zero-order valence-electron chi connectivity index (χ0n) is 12.8. The molecule has 0 aromatic heterocycles. The maximum Gasteiger partial charge on any atom is 0.171 e. The number of hydrogen-bond donors (Lipinski definition) is 2. The highest BCUT2D eigenvalue weighted by Crippen LogP contribution is 2.18. The molecule has 0 fully saturated rings. The molecule has 0 spiro atoms. The minimum Gasteiger partial charge on any atom is -0.356 e. The van der Waals surface area contributed by atoms with E-state index >= 15 is 0 Å². The molecule has 2 rings (SSSR count). The molecule has 2 N–H and O–H groups in total. The number of aryl methyl sites for hydroxylation is 2. The van der Waals surface area contributed by atoms with E-state index in [1.165, 1.54) is 16.7 Å². The standard InChI is InChI=1S/C18H22N2S/c1-4-16(15-8-6-5-7-9-15)19-18(21)20-17-12-13(2)10-11-14(17)3/h5-12,16H,4H2,1-3H3,(H2,19,20,21). The highest BCUT2D eigenvalue weighted by Gasteiger charge is 2.10. The molecule has 110 valence electrons. The van der Waals surface area contributed by atoms with Crippen molar-refractivity contribution >= 4 is 23.0 Å². The summed E-state index contributed by atoms with van der Waals surface area (Å²) in [5.41, 5.74) is 4.74. The summed E-state index contributed by atoms with van der Waals surface area (Å²) in [4.78, 5) is 0. The molecule has 0 saturated carbocycles. The monoisotopic (exact) mass is 298 g/mol. The van der Waals surface area contributed by atoms with Crippen LogP contribution < -0.4 is 10.6 Å². The summed E-state index contributed by atoms with van der Waals surface area (Å²) in [7, 11) is 0. The van der Waals surface area contributed by atoms with E-state index in [1.807, 2.05) is 6.07 Å². The summed E-state index contributed by atoms with van der Waals surface area (Å²) < 4.78 is 0. The number of thiocarbonyl (C=S) groups is 1. The zero-order valence-corrected chi connectivity index (χ0v) is 13.6. The lowest BCUT2D eigenvalue weighted by Gasteiger charge is -2.20. The number of nitrogens with one attached hydrogen (secondary N) is 2. The number of benzene rings is 2. The van der Waals surface area contributed by atoms with Crippen molar-refractivity contribution in [2.45, 2.75) is 33.2 Å². The fraction of sp³-hybridized carbons (Fsp3) is 0.278. The Hall–Kier alpha value is -1.87. The van der Waals surface area contributed by atoms with Crippen molar-refractivity contribution in [2.75, 3.05) is 5.32 Å². The van der Waals surface area contributed by atoms with Crippen LogP contribution in [0.25, 0.3) is 0 Å². The van der Waals surface area contributed by atoms with Gasteiger partial charge in [-0.3, -0.25) is 0 Å². The Kier molecular flexibility index (Phi) is 5.34. The Bertz CT molecular complexity index is 608. The van der Waals surface area contributed by atoms with E-state index in [0.29, 0.717) is 5.11 Å². The SMILES string of the molecule is CCC(NC(=S)Nc1cc(C)ccc1C)c1ccccc1. The first kappa shape index (κ1) is 15.5. The van der Waals surface area contributed by atoms with Gasteiger partial charge in [0.1, 0.15) is 0 Å². The van der Waals surface area contributed by atoms with Crippen LogP contribution in [0.5, 0.6) is 0 Å². The van der Waals surface area contributed by atoms with Crippen LogP contribution in [0, 0.1) is 13.8 Å². The maximum absolute atomic E-state index is 5.46. The molecule has 1 atom stereocenters. The van der Waals surface area contributed by atoms with Crippen LogP contribution in [-0.2, 0) is 0 Å². The highest BCUT2D eigenvalue weighted by atomic mass is 32.1. The van der Waals surface area contributed by atoms with E-state index in [9.17, 15) is 0 Å². The Morgan fingerprint density at radius 3 is 2.48 bits per heavy atom. The van der Waals surface area contributed by atoms with Gasteiger partial charge >= 0.3 is 0 Å². The van der Waals surface area contributed by atoms with Crippen molar-refractivity contribution < 1.29 is 0 Å². The average Bonchev–Trinajstić information content (AvgIpc) is 2.49. The van der Waals surface area contributed by atoms with Gasteiger partial charge < -0.3 is 10.6 Å². The summed E-state index contributed by atoms with van der Waals surface area (Å²) in [6.45, 7) is 6.32. The van der Waals surface area contributed by atoms with Crippen LogP contribution >= 0.6 is 12.2 Å². The Morgan fingerprint density at radius 2 is 1.81 bits per heavy atom. The first-order chi connectivity index (χ1) is 10.1. The van der Waals surface area contributed by atoms with Gasteiger partial charge in [-0.25, -0.2) is 0 Å². The number of hydrogen-bond acceptors (Lipinski definition) is 1. The van der Waals surface area contributed by atoms with Gasteiger partial charge in [-0.05, 0) is 55.2 Å². The second-order valence-corrected chi connectivity index (χ2v) is 5.70. The molecule has 0 heterocycles. The van der Waals surface area contributed by atoms with Gasteiger partial charge in [0.15, 0.2) is 5.11 Å². The fourth-order valence-electron chi connectivity index (χ4n) is 2.29. The molecule has 0 saturated heterocycles. The molecule has 21 heavy (non-hydrogen) atoms. The summed E-state index contributed by atoms with van der Waals surface area (Å²) in [6.07, 6.45) is 0.985. The second-order valence-electron chi connectivity index (χ2n) is 5.29. The largest absolute Gasteiger partial charge is 0.356 e. The van der Waals surface area contributed by atoms with Gasteiger partial charge in [0.05, 0.1) is 6.04 Å². The molecule has 3 heteroatoms. The highest BCUT2D eigenvalue weighted by molar-refractivity contribution is 7.80. The second kappa shape index (κ2) is 7.23. The van der Waals surface area contributed by atoms with Crippen LogP contribution in [0.1, 0.15) is 36.1 Å². The van der Waals surface area contributed by atoms with Crippen molar-refractivity contribution in [1.29, 1.82) is 0 Å². The van der Waals surface area contributed by atoms with Crippen molar-refractivity contribution in [1.82, 2.24) is 5.32 Å². The van der Waals surface area contributed by atoms with Gasteiger partial charge in [0.2, 0.25) is 0 Å². The Labute approximate surface area is 132 Å². The quantitative estimate of drug-likeness (QED) is 0.797. The molecule has 1 unspecified atom stereocenters. The molecule has 0 aliphatic carbocycles. The van der Waals surface area contributed by atoms with E-state index in [4.69, 9.17) is 12.2 Å².